The van der Waals surface area contributed by atoms with Crippen molar-refractivity contribution >= 4 is 17.1 Å². The Hall–Kier alpha value is -0.740. The Morgan fingerprint density at radius 2 is 2.28 bits per heavy atom. The lowest BCUT2D eigenvalue weighted by atomic mass is 9.93. The molecule has 4 heteroatoms. The molecule has 0 saturated heterocycles. The number of ketones is 1. The van der Waals surface area contributed by atoms with Crippen LogP contribution in [0.1, 0.15) is 61.4 Å². The van der Waals surface area contributed by atoms with Crippen LogP contribution in [0, 0.1) is 5.92 Å². The summed E-state index contributed by atoms with van der Waals surface area (Å²) in [7, 11) is 0. The molecular weight excluding hydrogens is 244 g/mol. The van der Waals surface area contributed by atoms with Gasteiger partial charge in [0.25, 0.3) is 0 Å². The van der Waals surface area contributed by atoms with Gasteiger partial charge in [-0.2, -0.15) is 0 Å². The highest BCUT2D eigenvalue weighted by atomic mass is 32.1. The van der Waals surface area contributed by atoms with E-state index in [4.69, 9.17) is 5.73 Å². The summed E-state index contributed by atoms with van der Waals surface area (Å²) in [6, 6.07) is 0. The van der Waals surface area contributed by atoms with E-state index in [1.165, 1.54) is 12.8 Å². The second kappa shape index (κ2) is 8.38. The molecule has 1 heterocycles. The van der Waals surface area contributed by atoms with Crippen LogP contribution in [0.4, 0.5) is 0 Å². The van der Waals surface area contributed by atoms with E-state index < -0.39 is 0 Å². The van der Waals surface area contributed by atoms with Crippen LogP contribution in [-0.4, -0.2) is 17.3 Å². The van der Waals surface area contributed by atoms with Gasteiger partial charge in [0, 0.05) is 18.2 Å². The summed E-state index contributed by atoms with van der Waals surface area (Å²) in [6.45, 7) is 4.94. The van der Waals surface area contributed by atoms with Gasteiger partial charge in [-0.1, -0.05) is 39.5 Å². The van der Waals surface area contributed by atoms with Gasteiger partial charge in [0.1, 0.15) is 5.69 Å². The van der Waals surface area contributed by atoms with Gasteiger partial charge < -0.3 is 5.73 Å². The van der Waals surface area contributed by atoms with Crippen LogP contribution in [0.25, 0.3) is 0 Å². The number of carbonyl (C=O) groups is 1. The average molecular weight is 268 g/mol. The molecule has 0 fully saturated rings. The second-order valence-corrected chi connectivity index (χ2v) is 5.65. The summed E-state index contributed by atoms with van der Waals surface area (Å²) in [5.74, 6) is 0.703. The van der Waals surface area contributed by atoms with E-state index in [9.17, 15) is 4.79 Å². The van der Waals surface area contributed by atoms with Crippen molar-refractivity contribution in [1.82, 2.24) is 4.98 Å². The molecule has 1 rings (SSSR count). The van der Waals surface area contributed by atoms with Gasteiger partial charge in [-0.3, -0.25) is 4.79 Å². The SMILES string of the molecule is CCCCC(CC)CC(=O)c1csc(CCN)n1. The van der Waals surface area contributed by atoms with E-state index in [0.29, 0.717) is 24.6 Å². The Morgan fingerprint density at radius 1 is 1.50 bits per heavy atom. The summed E-state index contributed by atoms with van der Waals surface area (Å²) in [5, 5.41) is 2.85. The Kier molecular flexibility index (Phi) is 7.13. The molecule has 0 aliphatic rings. The quantitative estimate of drug-likeness (QED) is 0.698. The number of nitrogens with two attached hydrogens (primary N) is 1. The standard InChI is InChI=1S/C14H24N2OS/c1-3-5-6-11(4-2)9-13(17)12-10-18-14(16-12)7-8-15/h10-11H,3-9,15H2,1-2H3. The molecule has 3 nitrogen and oxygen atoms in total. The summed E-state index contributed by atoms with van der Waals surface area (Å²) in [4.78, 5) is 16.5. The monoisotopic (exact) mass is 268 g/mol. The van der Waals surface area contributed by atoms with Gasteiger partial charge in [-0.15, -0.1) is 11.3 Å². The Morgan fingerprint density at radius 3 is 2.89 bits per heavy atom. The number of carbonyl (C=O) groups excluding carboxylic acids is 1. The predicted octanol–water partition coefficient (Wildman–Crippen LogP) is 3.43. The van der Waals surface area contributed by atoms with Crippen LogP contribution in [0.3, 0.4) is 0 Å². The molecule has 1 aromatic heterocycles. The number of rotatable bonds is 9. The minimum Gasteiger partial charge on any atom is -0.330 e. The number of thiazole rings is 1. The van der Waals surface area contributed by atoms with Gasteiger partial charge in [0.15, 0.2) is 5.78 Å². The van der Waals surface area contributed by atoms with Gasteiger partial charge in [-0.05, 0) is 12.5 Å². The fourth-order valence-electron chi connectivity index (χ4n) is 1.99. The van der Waals surface area contributed by atoms with Gasteiger partial charge in [-0.25, -0.2) is 4.98 Å². The second-order valence-electron chi connectivity index (χ2n) is 4.71. The zero-order valence-corrected chi connectivity index (χ0v) is 12.3. The lowest BCUT2D eigenvalue weighted by Gasteiger charge is -2.12. The maximum absolute atomic E-state index is 12.1. The zero-order valence-electron chi connectivity index (χ0n) is 11.4. The third-order valence-corrected chi connectivity index (χ3v) is 4.12. The van der Waals surface area contributed by atoms with Crippen LogP contribution >= 0.6 is 11.3 Å². The van der Waals surface area contributed by atoms with E-state index in [1.807, 2.05) is 5.38 Å². The minimum atomic E-state index is 0.192. The van der Waals surface area contributed by atoms with Crippen LogP contribution in [-0.2, 0) is 6.42 Å². The van der Waals surface area contributed by atoms with Crippen molar-refractivity contribution in [3.8, 4) is 0 Å². The van der Waals surface area contributed by atoms with E-state index in [2.05, 4.69) is 18.8 Å². The summed E-state index contributed by atoms with van der Waals surface area (Å²) >= 11 is 1.54. The first kappa shape index (κ1) is 15.3. The smallest absolute Gasteiger partial charge is 0.182 e. The molecule has 0 aromatic carbocycles. The van der Waals surface area contributed by atoms with Crippen LogP contribution in [0.15, 0.2) is 5.38 Å². The predicted molar refractivity (Wildman–Crippen MR) is 77.1 cm³/mol. The van der Waals surface area contributed by atoms with Crippen molar-refractivity contribution in [3.05, 3.63) is 16.1 Å². The summed E-state index contributed by atoms with van der Waals surface area (Å²) in [5.41, 5.74) is 6.12. The molecule has 0 aliphatic heterocycles. The summed E-state index contributed by atoms with van der Waals surface area (Å²) in [6.07, 6.45) is 6.04. The fraction of sp³-hybridized carbons (Fsp3) is 0.714. The van der Waals surface area contributed by atoms with E-state index in [0.717, 1.165) is 24.3 Å². The van der Waals surface area contributed by atoms with Crippen LogP contribution < -0.4 is 5.73 Å². The topological polar surface area (TPSA) is 56.0 Å². The Bertz CT molecular complexity index is 362. The molecule has 2 N–H and O–H groups in total. The first-order valence-corrected chi connectivity index (χ1v) is 7.76. The zero-order chi connectivity index (χ0) is 13.4. The molecule has 0 radical (unpaired) electrons. The molecule has 1 atom stereocenters. The highest BCUT2D eigenvalue weighted by Gasteiger charge is 2.16. The van der Waals surface area contributed by atoms with E-state index >= 15 is 0 Å². The average Bonchev–Trinajstić information content (AvgIpc) is 2.83. The highest BCUT2D eigenvalue weighted by molar-refractivity contribution is 7.09. The molecule has 1 aromatic rings. The number of Topliss-reactive ketones (excluding diaryl/α,β-unsaturated/α-hetero) is 1. The normalized spacial score (nSPS) is 12.6. The molecular formula is C14H24N2OS. The van der Waals surface area contributed by atoms with Crippen molar-refractivity contribution < 1.29 is 4.79 Å². The maximum Gasteiger partial charge on any atom is 0.182 e. The van der Waals surface area contributed by atoms with Crippen LogP contribution in [0.5, 0.6) is 0 Å². The van der Waals surface area contributed by atoms with Crippen molar-refractivity contribution in [2.75, 3.05) is 6.54 Å². The molecule has 0 aliphatic carbocycles. The first-order chi connectivity index (χ1) is 8.71. The number of hydrogen-bond acceptors (Lipinski definition) is 4. The molecule has 0 spiro atoms. The highest BCUT2D eigenvalue weighted by Crippen LogP contribution is 2.20. The molecule has 0 bridgehead atoms. The Labute approximate surface area is 114 Å². The molecule has 0 saturated carbocycles. The third kappa shape index (κ3) is 4.86. The number of unbranched alkanes of at least 4 members (excludes halogenated alkanes) is 1. The first-order valence-electron chi connectivity index (χ1n) is 6.88. The lowest BCUT2D eigenvalue weighted by molar-refractivity contribution is 0.0952. The maximum atomic E-state index is 12.1. The van der Waals surface area contributed by atoms with Gasteiger partial charge in [0.2, 0.25) is 0 Å². The van der Waals surface area contributed by atoms with Crippen molar-refractivity contribution in [2.24, 2.45) is 11.7 Å². The van der Waals surface area contributed by atoms with Gasteiger partial charge in [0.05, 0.1) is 5.01 Å². The van der Waals surface area contributed by atoms with E-state index in [1.54, 1.807) is 11.3 Å². The Balaban J connectivity index is 2.51. The van der Waals surface area contributed by atoms with Crippen molar-refractivity contribution in [1.29, 1.82) is 0 Å². The molecule has 18 heavy (non-hydrogen) atoms. The van der Waals surface area contributed by atoms with Crippen molar-refractivity contribution in [2.45, 2.75) is 52.4 Å². The van der Waals surface area contributed by atoms with E-state index in [-0.39, 0.29) is 5.78 Å². The van der Waals surface area contributed by atoms with Crippen LogP contribution in [0.2, 0.25) is 0 Å². The largest absolute Gasteiger partial charge is 0.330 e. The molecule has 102 valence electrons. The van der Waals surface area contributed by atoms with Gasteiger partial charge >= 0.3 is 0 Å². The third-order valence-electron chi connectivity index (χ3n) is 3.21. The molecule has 1 unspecified atom stereocenters. The minimum absolute atomic E-state index is 0.192. The fourth-order valence-corrected chi connectivity index (χ4v) is 2.81. The number of aromatic nitrogens is 1. The number of nitrogens with zero attached hydrogens (tertiary/aromatic N) is 1. The lowest BCUT2D eigenvalue weighted by Crippen LogP contribution is -2.09. The van der Waals surface area contributed by atoms with Crippen molar-refractivity contribution in [3.63, 3.8) is 0 Å². The molecule has 0 amide bonds. The number of hydrogen-bond donors (Lipinski definition) is 1. The summed E-state index contributed by atoms with van der Waals surface area (Å²) < 4.78 is 0.